The largest absolute Gasteiger partial charge is 0.321 e. The van der Waals surface area contributed by atoms with Crippen molar-refractivity contribution in [1.29, 1.82) is 0 Å². The zero-order valence-corrected chi connectivity index (χ0v) is 10.2. The monoisotopic (exact) mass is 230 g/mol. The van der Waals surface area contributed by atoms with E-state index in [1.165, 1.54) is 12.8 Å². The number of hydrogen-bond acceptors (Lipinski definition) is 3. The van der Waals surface area contributed by atoms with Gasteiger partial charge in [0.05, 0.1) is 5.69 Å². The molecule has 0 bridgehead atoms. The van der Waals surface area contributed by atoms with Gasteiger partial charge in [-0.1, -0.05) is 19.8 Å². The highest BCUT2D eigenvalue weighted by Gasteiger charge is 2.31. The molecule has 17 heavy (non-hydrogen) atoms. The molecule has 1 fully saturated rings. The molecule has 2 heterocycles. The summed E-state index contributed by atoms with van der Waals surface area (Å²) in [5.74, 6) is 0. The van der Waals surface area contributed by atoms with Crippen LogP contribution in [0.3, 0.4) is 0 Å². The maximum Gasteiger partial charge on any atom is 0.155 e. The van der Waals surface area contributed by atoms with Crippen molar-refractivity contribution in [2.45, 2.75) is 44.6 Å². The van der Waals surface area contributed by atoms with Crippen molar-refractivity contribution in [3.63, 3.8) is 0 Å². The molecule has 0 spiro atoms. The first-order chi connectivity index (χ1) is 8.21. The van der Waals surface area contributed by atoms with Crippen molar-refractivity contribution < 1.29 is 0 Å². The summed E-state index contributed by atoms with van der Waals surface area (Å²) in [4.78, 5) is 4.46. The minimum Gasteiger partial charge on any atom is -0.321 e. The lowest BCUT2D eigenvalue weighted by molar-refractivity contribution is 0.457. The zero-order chi connectivity index (χ0) is 11.9. The molecule has 0 aromatic carbocycles. The van der Waals surface area contributed by atoms with Gasteiger partial charge in [-0.2, -0.15) is 5.10 Å². The molecule has 0 aliphatic heterocycles. The van der Waals surface area contributed by atoms with Crippen molar-refractivity contribution >= 4 is 5.65 Å². The lowest BCUT2D eigenvalue weighted by Gasteiger charge is -2.23. The Balaban J connectivity index is 2.06. The van der Waals surface area contributed by atoms with Gasteiger partial charge in [-0.15, -0.1) is 0 Å². The average Bonchev–Trinajstić information content (AvgIpc) is 2.94. The number of fused-ring (bicyclic) bond motifs is 1. The number of hydrogen-bond donors (Lipinski definition) is 1. The van der Waals surface area contributed by atoms with Gasteiger partial charge in [0.2, 0.25) is 0 Å². The van der Waals surface area contributed by atoms with Gasteiger partial charge in [0.15, 0.2) is 5.65 Å². The number of rotatable bonds is 2. The maximum atomic E-state index is 6.43. The standard InChI is InChI=1S/C13H18N4/c1-2-11-7-12-15-8-10(9-17(12)16-11)13(14)5-3-4-6-13/h7-9H,2-6,14H2,1H3. The predicted molar refractivity (Wildman–Crippen MR) is 66.7 cm³/mol. The van der Waals surface area contributed by atoms with E-state index in [4.69, 9.17) is 5.73 Å². The van der Waals surface area contributed by atoms with Gasteiger partial charge >= 0.3 is 0 Å². The molecule has 2 aromatic heterocycles. The second-order valence-corrected chi connectivity index (χ2v) is 5.00. The van der Waals surface area contributed by atoms with Crippen LogP contribution in [0.5, 0.6) is 0 Å². The van der Waals surface area contributed by atoms with Crippen LogP contribution in [0.15, 0.2) is 18.5 Å². The van der Waals surface area contributed by atoms with Gasteiger partial charge in [0, 0.05) is 29.6 Å². The van der Waals surface area contributed by atoms with E-state index < -0.39 is 0 Å². The Morgan fingerprint density at radius 2 is 2.18 bits per heavy atom. The third kappa shape index (κ3) is 1.72. The summed E-state index contributed by atoms with van der Waals surface area (Å²) in [5.41, 5.74) is 9.35. The van der Waals surface area contributed by atoms with Crippen molar-refractivity contribution in [3.05, 3.63) is 29.7 Å². The Morgan fingerprint density at radius 1 is 1.41 bits per heavy atom. The van der Waals surface area contributed by atoms with Crippen LogP contribution < -0.4 is 5.73 Å². The summed E-state index contributed by atoms with van der Waals surface area (Å²) >= 11 is 0. The molecule has 4 heteroatoms. The van der Waals surface area contributed by atoms with Gasteiger partial charge in [-0.3, -0.25) is 0 Å². The fourth-order valence-corrected chi connectivity index (χ4v) is 2.65. The second kappa shape index (κ2) is 3.81. The van der Waals surface area contributed by atoms with Crippen molar-refractivity contribution in [1.82, 2.24) is 14.6 Å². The molecule has 0 radical (unpaired) electrons. The molecule has 1 aliphatic rings. The molecule has 0 saturated heterocycles. The Hall–Kier alpha value is -1.42. The van der Waals surface area contributed by atoms with E-state index in [1.807, 2.05) is 23.0 Å². The van der Waals surface area contributed by atoms with Crippen molar-refractivity contribution in [2.24, 2.45) is 5.73 Å². The number of aryl methyl sites for hydroxylation is 1. The SMILES string of the molecule is CCc1cc2ncc(C3(N)CCCC3)cn2n1. The Morgan fingerprint density at radius 3 is 2.88 bits per heavy atom. The molecule has 0 unspecified atom stereocenters. The molecule has 2 N–H and O–H groups in total. The van der Waals surface area contributed by atoms with E-state index in [-0.39, 0.29) is 5.54 Å². The van der Waals surface area contributed by atoms with E-state index in [2.05, 4.69) is 17.0 Å². The quantitative estimate of drug-likeness (QED) is 0.858. The topological polar surface area (TPSA) is 56.2 Å². The highest BCUT2D eigenvalue weighted by Crippen LogP contribution is 2.35. The zero-order valence-electron chi connectivity index (χ0n) is 10.2. The minimum atomic E-state index is -0.181. The van der Waals surface area contributed by atoms with Crippen LogP contribution in [0, 0.1) is 0 Å². The fraction of sp³-hybridized carbons (Fsp3) is 0.538. The second-order valence-electron chi connectivity index (χ2n) is 5.00. The number of aromatic nitrogens is 3. The van der Waals surface area contributed by atoms with Crippen molar-refractivity contribution in [3.8, 4) is 0 Å². The van der Waals surface area contributed by atoms with Gasteiger partial charge in [0.1, 0.15) is 0 Å². The smallest absolute Gasteiger partial charge is 0.155 e. The Bertz CT molecular complexity index is 537. The summed E-state index contributed by atoms with van der Waals surface area (Å²) in [6, 6.07) is 2.03. The van der Waals surface area contributed by atoms with Gasteiger partial charge < -0.3 is 5.73 Å². The van der Waals surface area contributed by atoms with E-state index in [0.29, 0.717) is 0 Å². The van der Waals surface area contributed by atoms with E-state index >= 15 is 0 Å². The summed E-state index contributed by atoms with van der Waals surface area (Å²) < 4.78 is 1.86. The molecule has 0 atom stereocenters. The molecular formula is C13H18N4. The molecule has 2 aromatic rings. The van der Waals surface area contributed by atoms with E-state index in [0.717, 1.165) is 36.2 Å². The third-order valence-electron chi connectivity index (χ3n) is 3.80. The van der Waals surface area contributed by atoms with E-state index in [9.17, 15) is 0 Å². The normalized spacial score (nSPS) is 18.9. The third-order valence-corrected chi connectivity index (χ3v) is 3.80. The van der Waals surface area contributed by atoms with Crippen LogP contribution in [0.25, 0.3) is 5.65 Å². The highest BCUT2D eigenvalue weighted by atomic mass is 15.2. The first-order valence-corrected chi connectivity index (χ1v) is 6.35. The van der Waals surface area contributed by atoms with Crippen LogP contribution in [0.4, 0.5) is 0 Å². The lowest BCUT2D eigenvalue weighted by Crippen LogP contribution is -2.33. The molecule has 90 valence electrons. The summed E-state index contributed by atoms with van der Waals surface area (Å²) in [5, 5.41) is 4.49. The molecular weight excluding hydrogens is 212 g/mol. The van der Waals surface area contributed by atoms with Crippen molar-refractivity contribution in [2.75, 3.05) is 0 Å². The van der Waals surface area contributed by atoms with Crippen LogP contribution in [-0.2, 0) is 12.0 Å². The maximum absolute atomic E-state index is 6.43. The van der Waals surface area contributed by atoms with Gasteiger partial charge in [-0.05, 0) is 19.3 Å². The van der Waals surface area contributed by atoms with Gasteiger partial charge in [0.25, 0.3) is 0 Å². The molecule has 1 aliphatic carbocycles. The summed E-state index contributed by atoms with van der Waals surface area (Å²) in [6.07, 6.45) is 9.45. The van der Waals surface area contributed by atoms with Crippen LogP contribution in [0.2, 0.25) is 0 Å². The summed E-state index contributed by atoms with van der Waals surface area (Å²) in [6.45, 7) is 2.10. The van der Waals surface area contributed by atoms with Crippen LogP contribution in [-0.4, -0.2) is 14.6 Å². The molecule has 0 amide bonds. The summed E-state index contributed by atoms with van der Waals surface area (Å²) in [7, 11) is 0. The first kappa shape index (κ1) is 10.7. The highest BCUT2D eigenvalue weighted by molar-refractivity contribution is 5.40. The molecule has 4 nitrogen and oxygen atoms in total. The van der Waals surface area contributed by atoms with Gasteiger partial charge in [-0.25, -0.2) is 9.50 Å². The Labute approximate surface area is 101 Å². The first-order valence-electron chi connectivity index (χ1n) is 6.35. The molecule has 3 rings (SSSR count). The van der Waals surface area contributed by atoms with Crippen LogP contribution in [0.1, 0.15) is 43.9 Å². The predicted octanol–water partition coefficient (Wildman–Crippen LogP) is 2.02. The fourth-order valence-electron chi connectivity index (χ4n) is 2.65. The van der Waals surface area contributed by atoms with E-state index in [1.54, 1.807) is 0 Å². The molecule has 1 saturated carbocycles. The Kier molecular flexibility index (Phi) is 2.40. The average molecular weight is 230 g/mol. The number of nitrogens with zero attached hydrogens (tertiary/aromatic N) is 3. The minimum absolute atomic E-state index is 0.181. The lowest BCUT2D eigenvalue weighted by atomic mass is 9.92. The van der Waals surface area contributed by atoms with Crippen LogP contribution >= 0.6 is 0 Å². The number of nitrogens with two attached hydrogens (primary N) is 1.